The maximum atomic E-state index is 11.7. The largest absolute Gasteiger partial charge is 0.352 e. The van der Waals surface area contributed by atoms with Gasteiger partial charge in [-0.1, -0.05) is 0 Å². The van der Waals surface area contributed by atoms with Crippen molar-refractivity contribution in [1.82, 2.24) is 10.6 Å². The predicted molar refractivity (Wildman–Crippen MR) is 67.6 cm³/mol. The number of rotatable bonds is 3. The molecule has 0 aromatic carbocycles. The van der Waals surface area contributed by atoms with Gasteiger partial charge in [-0.05, 0) is 12.2 Å². The van der Waals surface area contributed by atoms with Gasteiger partial charge in [-0.15, -0.1) is 0 Å². The first kappa shape index (κ1) is 11.6. The molecular weight excluding hydrogens is 228 g/mol. The van der Waals surface area contributed by atoms with Crippen molar-refractivity contribution >= 4 is 29.4 Å². The second-order valence-electron chi connectivity index (χ2n) is 4.06. The molecular formula is C10H18N2OS2. The monoisotopic (exact) mass is 246 g/mol. The normalized spacial score (nSPS) is 31.5. The van der Waals surface area contributed by atoms with E-state index in [0.29, 0.717) is 18.5 Å². The topological polar surface area (TPSA) is 41.1 Å². The van der Waals surface area contributed by atoms with Crippen molar-refractivity contribution < 1.29 is 4.79 Å². The fraction of sp³-hybridized carbons (Fsp3) is 0.900. The van der Waals surface area contributed by atoms with Crippen molar-refractivity contribution in [2.75, 3.05) is 29.6 Å². The Balaban J connectivity index is 1.66. The third-order valence-corrected chi connectivity index (χ3v) is 5.02. The van der Waals surface area contributed by atoms with Crippen molar-refractivity contribution in [3.05, 3.63) is 0 Å². The molecule has 0 aromatic heterocycles. The van der Waals surface area contributed by atoms with Crippen LogP contribution in [-0.4, -0.2) is 47.5 Å². The third-order valence-electron chi connectivity index (χ3n) is 2.73. The summed E-state index contributed by atoms with van der Waals surface area (Å²) in [6.07, 6.45) is 1.79. The van der Waals surface area contributed by atoms with Gasteiger partial charge < -0.3 is 10.6 Å². The summed E-state index contributed by atoms with van der Waals surface area (Å²) in [5.41, 5.74) is 0. The van der Waals surface area contributed by atoms with Crippen LogP contribution in [0.4, 0.5) is 0 Å². The van der Waals surface area contributed by atoms with Crippen LogP contribution in [0.3, 0.4) is 0 Å². The number of carbonyl (C=O) groups excluding carboxylic acids is 1. The molecule has 15 heavy (non-hydrogen) atoms. The minimum atomic E-state index is 0.225. The minimum Gasteiger partial charge on any atom is -0.352 e. The summed E-state index contributed by atoms with van der Waals surface area (Å²) in [6.45, 7) is 1.04. The predicted octanol–water partition coefficient (Wildman–Crippen LogP) is 0.703. The van der Waals surface area contributed by atoms with Gasteiger partial charge in [-0.2, -0.15) is 23.5 Å². The van der Waals surface area contributed by atoms with Crippen molar-refractivity contribution in [3.8, 4) is 0 Å². The van der Waals surface area contributed by atoms with E-state index >= 15 is 0 Å². The van der Waals surface area contributed by atoms with Crippen LogP contribution in [0.1, 0.15) is 12.8 Å². The molecule has 0 radical (unpaired) electrons. The first-order valence-electron chi connectivity index (χ1n) is 5.53. The Kier molecular flexibility index (Phi) is 4.65. The molecule has 3 nitrogen and oxygen atoms in total. The second-order valence-corrected chi connectivity index (χ2v) is 6.36. The molecule has 2 aliphatic heterocycles. The molecule has 2 unspecified atom stereocenters. The molecule has 0 saturated carbocycles. The van der Waals surface area contributed by atoms with Gasteiger partial charge in [0.15, 0.2) is 0 Å². The Hall–Kier alpha value is 0.130. The molecule has 0 aromatic rings. The van der Waals surface area contributed by atoms with Crippen LogP contribution in [-0.2, 0) is 4.79 Å². The maximum Gasteiger partial charge on any atom is 0.221 e. The van der Waals surface area contributed by atoms with Gasteiger partial charge in [0.05, 0.1) is 0 Å². The Morgan fingerprint density at radius 1 is 1.33 bits per heavy atom. The fourth-order valence-electron chi connectivity index (χ4n) is 1.91. The lowest BCUT2D eigenvalue weighted by atomic mass is 10.2. The van der Waals surface area contributed by atoms with E-state index in [1.807, 2.05) is 23.5 Å². The van der Waals surface area contributed by atoms with E-state index in [1.165, 1.54) is 11.5 Å². The molecule has 2 atom stereocenters. The standard InChI is InChI=1S/C10H18N2OS2/c13-10(12-8-1-3-14-6-8)5-9-7-15-4-2-11-9/h8-9,11H,1-7H2,(H,12,13). The van der Waals surface area contributed by atoms with Crippen LogP contribution in [0.25, 0.3) is 0 Å². The van der Waals surface area contributed by atoms with E-state index in [4.69, 9.17) is 0 Å². The first-order valence-corrected chi connectivity index (χ1v) is 7.84. The summed E-state index contributed by atoms with van der Waals surface area (Å²) in [6, 6.07) is 0.816. The number of hydrogen-bond acceptors (Lipinski definition) is 4. The smallest absolute Gasteiger partial charge is 0.221 e. The fourth-order valence-corrected chi connectivity index (χ4v) is 4.01. The van der Waals surface area contributed by atoms with Crippen LogP contribution in [0.2, 0.25) is 0 Å². The highest BCUT2D eigenvalue weighted by Gasteiger charge is 2.21. The molecule has 2 aliphatic rings. The molecule has 0 spiro atoms. The first-order chi connectivity index (χ1) is 7.34. The van der Waals surface area contributed by atoms with Gasteiger partial charge in [0.1, 0.15) is 0 Å². The molecule has 2 rings (SSSR count). The summed E-state index contributed by atoms with van der Waals surface area (Å²) < 4.78 is 0. The minimum absolute atomic E-state index is 0.225. The summed E-state index contributed by atoms with van der Waals surface area (Å²) in [4.78, 5) is 11.7. The molecule has 86 valence electrons. The SMILES string of the molecule is O=C(CC1CSCCN1)NC1CCSC1. The van der Waals surface area contributed by atoms with E-state index in [0.717, 1.165) is 24.5 Å². The second kappa shape index (κ2) is 6.01. The van der Waals surface area contributed by atoms with Crippen molar-refractivity contribution in [3.63, 3.8) is 0 Å². The summed E-state index contributed by atoms with van der Waals surface area (Å²) >= 11 is 3.88. The maximum absolute atomic E-state index is 11.7. The van der Waals surface area contributed by atoms with E-state index < -0.39 is 0 Å². The molecule has 0 bridgehead atoms. The van der Waals surface area contributed by atoms with Gasteiger partial charge in [0.2, 0.25) is 5.91 Å². The summed E-state index contributed by atoms with van der Waals surface area (Å²) in [5.74, 6) is 4.77. The van der Waals surface area contributed by atoms with Crippen LogP contribution >= 0.6 is 23.5 Å². The zero-order valence-electron chi connectivity index (χ0n) is 8.83. The molecule has 5 heteroatoms. The van der Waals surface area contributed by atoms with E-state index in [9.17, 15) is 4.79 Å². The Morgan fingerprint density at radius 3 is 2.87 bits per heavy atom. The average Bonchev–Trinajstić information content (AvgIpc) is 2.71. The Bertz CT molecular complexity index is 213. The lowest BCUT2D eigenvalue weighted by Gasteiger charge is -2.23. The van der Waals surface area contributed by atoms with Gasteiger partial charge in [0, 0.05) is 42.3 Å². The van der Waals surface area contributed by atoms with Crippen LogP contribution in [0, 0.1) is 0 Å². The van der Waals surface area contributed by atoms with Gasteiger partial charge in [-0.3, -0.25) is 4.79 Å². The number of nitrogens with one attached hydrogen (secondary N) is 2. The molecule has 2 fully saturated rings. The number of amides is 1. The summed E-state index contributed by atoms with van der Waals surface area (Å²) in [5, 5.41) is 6.51. The highest BCUT2D eigenvalue weighted by Crippen LogP contribution is 2.17. The summed E-state index contributed by atoms with van der Waals surface area (Å²) in [7, 11) is 0. The lowest BCUT2D eigenvalue weighted by molar-refractivity contribution is -0.122. The highest BCUT2D eigenvalue weighted by atomic mass is 32.2. The molecule has 2 saturated heterocycles. The third kappa shape index (κ3) is 3.89. The number of hydrogen-bond donors (Lipinski definition) is 2. The number of carbonyl (C=O) groups is 1. The quantitative estimate of drug-likeness (QED) is 0.769. The van der Waals surface area contributed by atoms with Crippen molar-refractivity contribution in [1.29, 1.82) is 0 Å². The number of thioether (sulfide) groups is 2. The van der Waals surface area contributed by atoms with Gasteiger partial charge in [0.25, 0.3) is 0 Å². The lowest BCUT2D eigenvalue weighted by Crippen LogP contribution is -2.43. The highest BCUT2D eigenvalue weighted by molar-refractivity contribution is 7.99. The molecule has 1 amide bonds. The molecule has 0 aliphatic carbocycles. The zero-order valence-corrected chi connectivity index (χ0v) is 10.5. The van der Waals surface area contributed by atoms with Crippen LogP contribution in [0.15, 0.2) is 0 Å². The van der Waals surface area contributed by atoms with Crippen molar-refractivity contribution in [2.24, 2.45) is 0 Å². The van der Waals surface area contributed by atoms with Crippen LogP contribution < -0.4 is 10.6 Å². The molecule has 2 N–H and O–H groups in total. The van der Waals surface area contributed by atoms with Crippen LogP contribution in [0.5, 0.6) is 0 Å². The zero-order chi connectivity index (χ0) is 10.5. The Labute approximate surface area is 99.5 Å². The van der Waals surface area contributed by atoms with E-state index in [-0.39, 0.29) is 5.91 Å². The Morgan fingerprint density at radius 2 is 2.20 bits per heavy atom. The van der Waals surface area contributed by atoms with Gasteiger partial charge >= 0.3 is 0 Å². The van der Waals surface area contributed by atoms with E-state index in [2.05, 4.69) is 10.6 Å². The average molecular weight is 246 g/mol. The van der Waals surface area contributed by atoms with Crippen molar-refractivity contribution in [2.45, 2.75) is 24.9 Å². The van der Waals surface area contributed by atoms with Gasteiger partial charge in [-0.25, -0.2) is 0 Å². The molecule has 2 heterocycles. The van der Waals surface area contributed by atoms with E-state index in [1.54, 1.807) is 0 Å².